The van der Waals surface area contributed by atoms with E-state index in [1.54, 1.807) is 0 Å². The summed E-state index contributed by atoms with van der Waals surface area (Å²) in [4.78, 5) is 13.7. The number of likely N-dealkylation sites (N-methyl/N-ethyl adjacent to an activating group) is 1. The van der Waals surface area contributed by atoms with Crippen molar-refractivity contribution in [2.45, 2.75) is 4.90 Å². The zero-order valence-corrected chi connectivity index (χ0v) is 16.3. The lowest BCUT2D eigenvalue weighted by atomic mass is 10.2. The van der Waals surface area contributed by atoms with Crippen LogP contribution in [0.2, 0.25) is 5.02 Å². The second-order valence-electron chi connectivity index (χ2n) is 6.46. The summed E-state index contributed by atoms with van der Waals surface area (Å²) in [6.45, 7) is 2.50. The standard InChI is InChI=1S/C18H19ClFN3O3S/c1-22-8-10-23(11-9-22)27(25,26)15-5-3-14(4-6-15)21-18(24)16-7-2-13(20)12-17(16)19/h2-7,12H,8-11H2,1H3,(H,21,24)/p+1. The Bertz CT molecular complexity index is 943. The summed E-state index contributed by atoms with van der Waals surface area (Å²) in [5.41, 5.74) is 0.553. The summed E-state index contributed by atoms with van der Waals surface area (Å²) in [7, 11) is -1.51. The number of halogens is 2. The number of hydrogen-bond donors (Lipinski definition) is 2. The number of piperazine rings is 1. The number of quaternary nitrogens is 1. The highest BCUT2D eigenvalue weighted by atomic mass is 35.5. The molecule has 6 nitrogen and oxygen atoms in total. The topological polar surface area (TPSA) is 70.9 Å². The minimum atomic E-state index is -3.55. The molecule has 2 aromatic rings. The maximum absolute atomic E-state index is 13.1. The fraction of sp³-hybridized carbons (Fsp3) is 0.278. The van der Waals surface area contributed by atoms with Gasteiger partial charge >= 0.3 is 0 Å². The first-order valence-electron chi connectivity index (χ1n) is 8.45. The Morgan fingerprint density at radius 2 is 1.78 bits per heavy atom. The van der Waals surface area contributed by atoms with E-state index < -0.39 is 21.7 Å². The van der Waals surface area contributed by atoms with Gasteiger partial charge in [-0.1, -0.05) is 11.6 Å². The molecule has 1 amide bonds. The van der Waals surface area contributed by atoms with Crippen LogP contribution in [0.5, 0.6) is 0 Å². The van der Waals surface area contributed by atoms with Gasteiger partial charge in [-0.25, -0.2) is 12.8 Å². The molecule has 1 fully saturated rings. The van der Waals surface area contributed by atoms with Gasteiger partial charge in [0.15, 0.2) is 0 Å². The molecule has 0 atom stereocenters. The first kappa shape index (κ1) is 19.8. The van der Waals surface area contributed by atoms with Gasteiger partial charge in [0.1, 0.15) is 5.82 Å². The summed E-state index contributed by atoms with van der Waals surface area (Å²) in [5, 5.41) is 2.63. The molecule has 0 radical (unpaired) electrons. The minimum absolute atomic E-state index is 0.00361. The van der Waals surface area contributed by atoms with E-state index in [0.717, 1.165) is 25.2 Å². The number of hydrogen-bond acceptors (Lipinski definition) is 3. The third kappa shape index (κ3) is 4.47. The van der Waals surface area contributed by atoms with Crippen molar-refractivity contribution in [1.29, 1.82) is 0 Å². The van der Waals surface area contributed by atoms with E-state index in [-0.39, 0.29) is 15.5 Å². The van der Waals surface area contributed by atoms with Crippen LogP contribution >= 0.6 is 11.6 Å². The molecule has 1 aliphatic heterocycles. The number of sulfonamides is 1. The number of nitrogens with zero attached hydrogens (tertiary/aromatic N) is 1. The van der Waals surface area contributed by atoms with E-state index in [1.807, 2.05) is 7.05 Å². The molecular weight excluding hydrogens is 393 g/mol. The normalized spacial score (nSPS) is 16.3. The summed E-state index contributed by atoms with van der Waals surface area (Å²) in [6, 6.07) is 9.46. The van der Waals surface area contributed by atoms with E-state index in [0.29, 0.717) is 18.8 Å². The molecule has 144 valence electrons. The molecule has 1 saturated heterocycles. The second-order valence-corrected chi connectivity index (χ2v) is 8.81. The number of anilines is 1. The van der Waals surface area contributed by atoms with Gasteiger partial charge < -0.3 is 10.2 Å². The quantitative estimate of drug-likeness (QED) is 0.794. The van der Waals surface area contributed by atoms with E-state index in [9.17, 15) is 17.6 Å². The van der Waals surface area contributed by atoms with Crippen LogP contribution in [0, 0.1) is 5.82 Å². The van der Waals surface area contributed by atoms with E-state index in [2.05, 4.69) is 5.32 Å². The van der Waals surface area contributed by atoms with Crippen LogP contribution < -0.4 is 10.2 Å². The fourth-order valence-electron chi connectivity index (χ4n) is 2.84. The highest BCUT2D eigenvalue weighted by Crippen LogP contribution is 2.21. The van der Waals surface area contributed by atoms with Crippen molar-refractivity contribution >= 4 is 33.2 Å². The molecule has 0 aromatic heterocycles. The number of carbonyl (C=O) groups excluding carboxylic acids is 1. The van der Waals surface area contributed by atoms with Crippen LogP contribution in [0.1, 0.15) is 10.4 Å². The predicted octanol–water partition coefficient (Wildman–Crippen LogP) is 1.25. The van der Waals surface area contributed by atoms with Crippen LogP contribution in [0.25, 0.3) is 0 Å². The molecular formula is C18H20ClFN3O3S+. The summed E-state index contributed by atoms with van der Waals surface area (Å²) < 4.78 is 40.0. The van der Waals surface area contributed by atoms with Crippen molar-refractivity contribution in [3.05, 3.63) is 58.9 Å². The van der Waals surface area contributed by atoms with Gasteiger partial charge in [-0.05, 0) is 42.5 Å². The van der Waals surface area contributed by atoms with Gasteiger partial charge in [0.05, 0.1) is 48.7 Å². The fourth-order valence-corrected chi connectivity index (χ4v) is 4.53. The van der Waals surface area contributed by atoms with Crippen molar-refractivity contribution < 1.29 is 22.5 Å². The predicted molar refractivity (Wildman–Crippen MR) is 101 cm³/mol. The molecule has 27 heavy (non-hydrogen) atoms. The average Bonchev–Trinajstić information content (AvgIpc) is 2.62. The second kappa shape index (κ2) is 7.93. The third-order valence-electron chi connectivity index (χ3n) is 4.50. The SMILES string of the molecule is C[NH+]1CCN(S(=O)(=O)c2ccc(NC(=O)c3ccc(F)cc3Cl)cc2)CC1. The molecule has 0 aliphatic carbocycles. The zero-order valence-electron chi connectivity index (χ0n) is 14.7. The van der Waals surface area contributed by atoms with Crippen molar-refractivity contribution in [2.75, 3.05) is 38.5 Å². The average molecular weight is 413 g/mol. The van der Waals surface area contributed by atoms with Gasteiger partial charge in [-0.2, -0.15) is 4.31 Å². The Kier molecular flexibility index (Phi) is 5.81. The Morgan fingerprint density at radius 1 is 1.15 bits per heavy atom. The van der Waals surface area contributed by atoms with Gasteiger partial charge in [-0.3, -0.25) is 4.79 Å². The molecule has 2 aromatic carbocycles. The molecule has 2 N–H and O–H groups in total. The number of rotatable bonds is 4. The first-order valence-corrected chi connectivity index (χ1v) is 10.3. The zero-order chi connectivity index (χ0) is 19.6. The lowest BCUT2D eigenvalue weighted by Gasteiger charge is -2.29. The number of benzene rings is 2. The number of nitrogens with one attached hydrogen (secondary N) is 2. The van der Waals surface area contributed by atoms with Crippen molar-refractivity contribution in [3.8, 4) is 0 Å². The summed E-state index contributed by atoms with van der Waals surface area (Å²) >= 11 is 5.88. The molecule has 1 aliphatic rings. The number of amides is 1. The van der Waals surface area contributed by atoms with Crippen LogP contribution in [-0.4, -0.2) is 51.9 Å². The lowest BCUT2D eigenvalue weighted by molar-refractivity contribution is -0.883. The molecule has 9 heteroatoms. The highest BCUT2D eigenvalue weighted by molar-refractivity contribution is 7.89. The molecule has 0 unspecified atom stereocenters. The maximum atomic E-state index is 13.1. The van der Waals surface area contributed by atoms with E-state index in [4.69, 9.17) is 11.6 Å². The molecule has 1 heterocycles. The maximum Gasteiger partial charge on any atom is 0.257 e. The molecule has 0 spiro atoms. The number of carbonyl (C=O) groups is 1. The van der Waals surface area contributed by atoms with Gasteiger partial charge in [0.2, 0.25) is 10.0 Å². The van der Waals surface area contributed by atoms with Gasteiger partial charge in [0.25, 0.3) is 5.91 Å². The van der Waals surface area contributed by atoms with Crippen LogP contribution in [0.3, 0.4) is 0 Å². The Balaban J connectivity index is 1.72. The van der Waals surface area contributed by atoms with Crippen LogP contribution in [-0.2, 0) is 10.0 Å². The summed E-state index contributed by atoms with van der Waals surface area (Å²) in [5.74, 6) is -1.03. The van der Waals surface area contributed by atoms with E-state index >= 15 is 0 Å². The Hall–Kier alpha value is -2.00. The Morgan fingerprint density at radius 3 is 2.37 bits per heavy atom. The monoisotopic (exact) mass is 412 g/mol. The van der Waals surface area contributed by atoms with Crippen molar-refractivity contribution in [2.24, 2.45) is 0 Å². The lowest BCUT2D eigenvalue weighted by Crippen LogP contribution is -3.12. The largest absolute Gasteiger partial charge is 0.335 e. The molecule has 0 saturated carbocycles. The third-order valence-corrected chi connectivity index (χ3v) is 6.73. The molecule has 3 rings (SSSR count). The van der Waals surface area contributed by atoms with Crippen molar-refractivity contribution in [1.82, 2.24) is 4.31 Å². The van der Waals surface area contributed by atoms with Crippen LogP contribution in [0.15, 0.2) is 47.4 Å². The first-order chi connectivity index (χ1) is 12.8. The van der Waals surface area contributed by atoms with Gasteiger partial charge in [0, 0.05) is 5.69 Å². The highest BCUT2D eigenvalue weighted by Gasteiger charge is 2.29. The molecule has 0 bridgehead atoms. The van der Waals surface area contributed by atoms with Crippen molar-refractivity contribution in [3.63, 3.8) is 0 Å². The van der Waals surface area contributed by atoms with E-state index in [1.165, 1.54) is 39.5 Å². The van der Waals surface area contributed by atoms with Crippen LogP contribution in [0.4, 0.5) is 10.1 Å². The minimum Gasteiger partial charge on any atom is -0.335 e. The smallest absolute Gasteiger partial charge is 0.257 e. The van der Waals surface area contributed by atoms with Gasteiger partial charge in [-0.15, -0.1) is 0 Å². The summed E-state index contributed by atoms with van der Waals surface area (Å²) in [6.07, 6.45) is 0. The Labute approximate surface area is 162 Å².